The first kappa shape index (κ1) is 17.9. The molecule has 0 fully saturated rings. The number of aromatic nitrogens is 3. The molecule has 0 aliphatic carbocycles. The minimum atomic E-state index is -0.264. The second-order valence-corrected chi connectivity index (χ2v) is 6.59. The lowest BCUT2D eigenvalue weighted by Gasteiger charge is -2.16. The molecule has 1 amide bonds. The van der Waals surface area contributed by atoms with E-state index in [9.17, 15) is 9.18 Å². The summed E-state index contributed by atoms with van der Waals surface area (Å²) in [6, 6.07) is 18.1. The summed E-state index contributed by atoms with van der Waals surface area (Å²) in [4.78, 5) is 18.9. The fraction of sp³-hybridized carbons (Fsp3) is 0.136. The first-order chi connectivity index (χ1) is 13.6. The molecule has 0 saturated carbocycles. The normalized spacial score (nSPS) is 10.9. The number of halogens is 1. The molecular weight excluding hydrogens is 355 g/mol. The number of rotatable bonds is 5. The first-order valence-electron chi connectivity index (χ1n) is 9.01. The van der Waals surface area contributed by atoms with Gasteiger partial charge in [0.05, 0.1) is 11.9 Å². The topological polar surface area (TPSA) is 50.5 Å². The molecule has 0 saturated heterocycles. The molecule has 2 aromatic heterocycles. The van der Waals surface area contributed by atoms with Gasteiger partial charge < -0.3 is 4.90 Å². The monoisotopic (exact) mass is 374 g/mol. The molecule has 0 aliphatic heterocycles. The minimum Gasteiger partial charge on any atom is -0.341 e. The number of amides is 1. The number of hydrogen-bond donors (Lipinski definition) is 0. The summed E-state index contributed by atoms with van der Waals surface area (Å²) in [5, 5.41) is 4.39. The molecule has 140 valence electrons. The maximum Gasteiger partial charge on any atom is 0.259 e. The fourth-order valence-corrected chi connectivity index (χ4v) is 3.12. The highest BCUT2D eigenvalue weighted by Gasteiger charge is 2.19. The molecule has 0 aliphatic rings. The van der Waals surface area contributed by atoms with Crippen LogP contribution in [0.1, 0.15) is 15.9 Å². The minimum absolute atomic E-state index is 0.144. The van der Waals surface area contributed by atoms with Gasteiger partial charge in [-0.3, -0.25) is 4.79 Å². The van der Waals surface area contributed by atoms with Crippen LogP contribution < -0.4 is 0 Å². The van der Waals surface area contributed by atoms with Crippen molar-refractivity contribution >= 4 is 11.6 Å². The Bertz CT molecular complexity index is 1110. The van der Waals surface area contributed by atoms with Crippen molar-refractivity contribution in [2.45, 2.75) is 6.42 Å². The highest BCUT2D eigenvalue weighted by molar-refractivity contribution is 5.99. The van der Waals surface area contributed by atoms with Gasteiger partial charge >= 0.3 is 0 Å². The summed E-state index contributed by atoms with van der Waals surface area (Å²) < 4.78 is 14.7. The van der Waals surface area contributed by atoms with E-state index in [1.54, 1.807) is 41.0 Å². The van der Waals surface area contributed by atoms with Crippen LogP contribution >= 0.6 is 0 Å². The smallest absolute Gasteiger partial charge is 0.259 e. The summed E-state index contributed by atoms with van der Waals surface area (Å²) in [6.45, 7) is 0.514. The molecular formula is C22H19FN4O. The van der Waals surface area contributed by atoms with Crippen LogP contribution in [0.3, 0.4) is 0 Å². The Morgan fingerprint density at radius 2 is 1.82 bits per heavy atom. The van der Waals surface area contributed by atoms with Gasteiger partial charge in [0.2, 0.25) is 0 Å². The summed E-state index contributed by atoms with van der Waals surface area (Å²) in [6.07, 6.45) is 3.89. The average molecular weight is 374 g/mol. The standard InChI is InChI=1S/C22H19FN4O/c1-26(14-12-16-7-9-18(23)10-8-16)22(28)19-15-25-27-20(11-13-24-21(19)27)17-5-3-2-4-6-17/h2-11,13,15H,12,14H2,1H3. The second kappa shape index (κ2) is 7.60. The lowest BCUT2D eigenvalue weighted by atomic mass is 10.1. The number of hydrogen-bond acceptors (Lipinski definition) is 3. The number of fused-ring (bicyclic) bond motifs is 1. The third-order valence-electron chi connectivity index (χ3n) is 4.70. The van der Waals surface area contributed by atoms with Crippen molar-refractivity contribution in [2.75, 3.05) is 13.6 Å². The summed E-state index contributed by atoms with van der Waals surface area (Å²) in [5.41, 5.74) is 3.84. The van der Waals surface area contributed by atoms with Crippen LogP contribution in [-0.2, 0) is 6.42 Å². The van der Waals surface area contributed by atoms with Crippen molar-refractivity contribution < 1.29 is 9.18 Å². The molecule has 0 spiro atoms. The third kappa shape index (κ3) is 3.49. The Balaban J connectivity index is 1.57. The van der Waals surface area contributed by atoms with Gasteiger partial charge in [-0.15, -0.1) is 0 Å². The first-order valence-corrected chi connectivity index (χ1v) is 9.01. The van der Waals surface area contributed by atoms with E-state index in [0.29, 0.717) is 24.2 Å². The Hall–Kier alpha value is -3.54. The molecule has 5 nitrogen and oxygen atoms in total. The molecule has 28 heavy (non-hydrogen) atoms. The van der Waals surface area contributed by atoms with Crippen LogP contribution in [-0.4, -0.2) is 39.0 Å². The zero-order valence-electron chi connectivity index (χ0n) is 15.4. The Kier molecular flexibility index (Phi) is 4.85. The van der Waals surface area contributed by atoms with Crippen LogP contribution in [0.2, 0.25) is 0 Å². The Labute approximate surface area is 162 Å². The van der Waals surface area contributed by atoms with E-state index >= 15 is 0 Å². The van der Waals surface area contributed by atoms with E-state index < -0.39 is 0 Å². The number of likely N-dealkylation sites (N-methyl/N-ethyl adjacent to an activating group) is 1. The van der Waals surface area contributed by atoms with Gasteiger partial charge in [0.1, 0.15) is 11.4 Å². The van der Waals surface area contributed by atoms with Crippen LogP contribution in [0.15, 0.2) is 73.1 Å². The van der Waals surface area contributed by atoms with Crippen molar-refractivity contribution in [3.05, 3.63) is 90.0 Å². The van der Waals surface area contributed by atoms with Crippen molar-refractivity contribution in [3.63, 3.8) is 0 Å². The van der Waals surface area contributed by atoms with E-state index in [-0.39, 0.29) is 11.7 Å². The molecule has 2 heterocycles. The number of carbonyl (C=O) groups excluding carboxylic acids is 1. The molecule has 0 radical (unpaired) electrons. The SMILES string of the molecule is CN(CCc1ccc(F)cc1)C(=O)c1cnn2c(-c3ccccc3)ccnc12. The van der Waals surface area contributed by atoms with Gasteiger partial charge in [0.25, 0.3) is 5.91 Å². The van der Waals surface area contributed by atoms with Crippen molar-refractivity contribution in [2.24, 2.45) is 0 Å². The van der Waals surface area contributed by atoms with Gasteiger partial charge in [-0.1, -0.05) is 42.5 Å². The van der Waals surface area contributed by atoms with Crippen molar-refractivity contribution in [1.82, 2.24) is 19.5 Å². The molecule has 0 N–H and O–H groups in total. The van der Waals surface area contributed by atoms with E-state index in [2.05, 4.69) is 10.1 Å². The van der Waals surface area contributed by atoms with Gasteiger partial charge in [0, 0.05) is 25.4 Å². The Morgan fingerprint density at radius 3 is 2.57 bits per heavy atom. The molecule has 2 aromatic carbocycles. The lowest BCUT2D eigenvalue weighted by molar-refractivity contribution is 0.0798. The average Bonchev–Trinajstić information content (AvgIpc) is 3.17. The van der Waals surface area contributed by atoms with Crippen molar-refractivity contribution in [1.29, 1.82) is 0 Å². The number of nitrogens with zero attached hydrogens (tertiary/aromatic N) is 4. The summed E-state index contributed by atoms with van der Waals surface area (Å²) >= 11 is 0. The lowest BCUT2D eigenvalue weighted by Crippen LogP contribution is -2.28. The van der Waals surface area contributed by atoms with Crippen LogP contribution in [0.4, 0.5) is 4.39 Å². The third-order valence-corrected chi connectivity index (χ3v) is 4.70. The maximum atomic E-state index is 13.0. The van der Waals surface area contributed by atoms with E-state index in [1.165, 1.54) is 12.1 Å². The van der Waals surface area contributed by atoms with Gasteiger partial charge in [-0.2, -0.15) is 5.10 Å². The summed E-state index contributed by atoms with van der Waals surface area (Å²) in [5.74, 6) is -0.408. The van der Waals surface area contributed by atoms with E-state index in [0.717, 1.165) is 16.8 Å². The molecule has 4 aromatic rings. The number of benzene rings is 2. The molecule has 6 heteroatoms. The fourth-order valence-electron chi connectivity index (χ4n) is 3.12. The molecule has 0 unspecified atom stereocenters. The maximum absolute atomic E-state index is 13.0. The highest BCUT2D eigenvalue weighted by atomic mass is 19.1. The highest BCUT2D eigenvalue weighted by Crippen LogP contribution is 2.21. The quantitative estimate of drug-likeness (QED) is 0.533. The number of carbonyl (C=O) groups is 1. The predicted molar refractivity (Wildman–Crippen MR) is 105 cm³/mol. The zero-order valence-corrected chi connectivity index (χ0v) is 15.4. The van der Waals surface area contributed by atoms with Crippen LogP contribution in [0.5, 0.6) is 0 Å². The molecule has 4 rings (SSSR count). The predicted octanol–water partition coefficient (Wildman–Crippen LogP) is 3.85. The molecule has 0 atom stereocenters. The second-order valence-electron chi connectivity index (χ2n) is 6.59. The van der Waals surface area contributed by atoms with Gasteiger partial charge in [-0.05, 0) is 30.2 Å². The van der Waals surface area contributed by atoms with Crippen molar-refractivity contribution in [3.8, 4) is 11.3 Å². The van der Waals surface area contributed by atoms with Gasteiger partial charge in [0.15, 0.2) is 5.65 Å². The largest absolute Gasteiger partial charge is 0.341 e. The van der Waals surface area contributed by atoms with Gasteiger partial charge in [-0.25, -0.2) is 13.9 Å². The van der Waals surface area contributed by atoms with E-state index in [1.807, 2.05) is 36.4 Å². The molecule has 0 bridgehead atoms. The van der Waals surface area contributed by atoms with Crippen LogP contribution in [0, 0.1) is 5.82 Å². The van der Waals surface area contributed by atoms with Crippen LogP contribution in [0.25, 0.3) is 16.9 Å². The summed E-state index contributed by atoms with van der Waals surface area (Å²) in [7, 11) is 1.75. The Morgan fingerprint density at radius 1 is 1.07 bits per heavy atom. The van der Waals surface area contributed by atoms with E-state index in [4.69, 9.17) is 0 Å². The zero-order chi connectivity index (χ0) is 19.5.